The average Bonchev–Trinajstić information content (AvgIpc) is 2.35. The Morgan fingerprint density at radius 1 is 1.12 bits per heavy atom. The third-order valence-corrected chi connectivity index (χ3v) is 2.77. The molecule has 0 aromatic heterocycles. The first kappa shape index (κ1) is 12.8. The summed E-state index contributed by atoms with van der Waals surface area (Å²) < 4.78 is 10.5. The van der Waals surface area contributed by atoms with Gasteiger partial charge in [-0.15, -0.1) is 0 Å². The van der Waals surface area contributed by atoms with Crippen molar-refractivity contribution in [3.63, 3.8) is 0 Å². The van der Waals surface area contributed by atoms with E-state index in [0.29, 0.717) is 5.92 Å². The van der Waals surface area contributed by atoms with E-state index in [9.17, 15) is 0 Å². The van der Waals surface area contributed by atoms with Crippen molar-refractivity contribution < 1.29 is 9.47 Å². The Balaban J connectivity index is 2.85. The van der Waals surface area contributed by atoms with Gasteiger partial charge in [-0.3, -0.25) is 0 Å². The molecule has 1 unspecified atom stereocenters. The largest absolute Gasteiger partial charge is 0.497 e. The summed E-state index contributed by atoms with van der Waals surface area (Å²) in [5.41, 5.74) is 1.26. The number of rotatable bonds is 6. The van der Waals surface area contributed by atoms with Gasteiger partial charge < -0.3 is 14.8 Å². The molecular formula is C13H21NO2. The molecule has 0 saturated heterocycles. The van der Waals surface area contributed by atoms with E-state index in [4.69, 9.17) is 9.47 Å². The Morgan fingerprint density at radius 2 is 1.69 bits per heavy atom. The summed E-state index contributed by atoms with van der Waals surface area (Å²) in [5, 5.41) is 3.16. The molecule has 0 bridgehead atoms. The minimum atomic E-state index is 0.497. The monoisotopic (exact) mass is 223 g/mol. The highest BCUT2D eigenvalue weighted by molar-refractivity contribution is 5.39. The summed E-state index contributed by atoms with van der Waals surface area (Å²) in [4.78, 5) is 0. The number of nitrogens with one attached hydrogen (secondary N) is 1. The molecule has 3 heteroatoms. The van der Waals surface area contributed by atoms with E-state index in [-0.39, 0.29) is 0 Å². The summed E-state index contributed by atoms with van der Waals surface area (Å²) >= 11 is 0. The Bertz CT molecular complexity index is 303. The van der Waals surface area contributed by atoms with Crippen LogP contribution in [0.1, 0.15) is 24.8 Å². The first-order chi connectivity index (χ1) is 7.71. The molecule has 1 aromatic rings. The van der Waals surface area contributed by atoms with Gasteiger partial charge in [0.15, 0.2) is 0 Å². The predicted molar refractivity (Wildman–Crippen MR) is 66.5 cm³/mol. The first-order valence-corrected chi connectivity index (χ1v) is 5.58. The zero-order valence-corrected chi connectivity index (χ0v) is 10.5. The molecule has 0 saturated carbocycles. The first-order valence-electron chi connectivity index (χ1n) is 5.58. The summed E-state index contributed by atoms with van der Waals surface area (Å²) in [7, 11) is 5.33. The van der Waals surface area contributed by atoms with Crippen LogP contribution in [0.25, 0.3) is 0 Å². The molecule has 3 nitrogen and oxygen atoms in total. The van der Waals surface area contributed by atoms with Crippen molar-refractivity contribution in [2.24, 2.45) is 0 Å². The zero-order valence-electron chi connectivity index (χ0n) is 10.5. The van der Waals surface area contributed by atoms with Gasteiger partial charge in [-0.05, 0) is 43.6 Å². The second-order valence-electron chi connectivity index (χ2n) is 3.94. The third-order valence-electron chi connectivity index (χ3n) is 2.77. The van der Waals surface area contributed by atoms with Gasteiger partial charge in [-0.2, -0.15) is 0 Å². The van der Waals surface area contributed by atoms with Gasteiger partial charge in [-0.25, -0.2) is 0 Å². The molecule has 1 N–H and O–H groups in total. The Morgan fingerprint density at radius 3 is 2.12 bits per heavy atom. The Kier molecular flexibility index (Phi) is 5.12. The molecular weight excluding hydrogens is 202 g/mol. The average molecular weight is 223 g/mol. The van der Waals surface area contributed by atoms with Crippen molar-refractivity contribution in [2.45, 2.75) is 19.3 Å². The zero-order chi connectivity index (χ0) is 12.0. The van der Waals surface area contributed by atoms with Crippen LogP contribution in [-0.4, -0.2) is 27.8 Å². The Labute approximate surface area is 97.8 Å². The maximum atomic E-state index is 5.26. The maximum absolute atomic E-state index is 5.26. The van der Waals surface area contributed by atoms with Crippen LogP contribution in [0.3, 0.4) is 0 Å². The van der Waals surface area contributed by atoms with Crippen LogP contribution in [0.15, 0.2) is 18.2 Å². The van der Waals surface area contributed by atoms with Crippen molar-refractivity contribution in [3.8, 4) is 11.5 Å². The Hall–Kier alpha value is -1.22. The summed E-state index contributed by atoms with van der Waals surface area (Å²) in [6.45, 7) is 3.23. The lowest BCUT2D eigenvalue weighted by Crippen LogP contribution is -2.10. The number of hydrogen-bond donors (Lipinski definition) is 1. The SMILES string of the molecule is CNCCC(C)c1cc(OC)cc(OC)c1. The molecule has 0 heterocycles. The minimum Gasteiger partial charge on any atom is -0.497 e. The van der Waals surface area contributed by atoms with Gasteiger partial charge in [-0.1, -0.05) is 6.92 Å². The fraction of sp³-hybridized carbons (Fsp3) is 0.538. The van der Waals surface area contributed by atoms with Crippen LogP contribution in [0.5, 0.6) is 11.5 Å². The molecule has 16 heavy (non-hydrogen) atoms. The van der Waals surface area contributed by atoms with Crippen LogP contribution in [-0.2, 0) is 0 Å². The third kappa shape index (κ3) is 3.42. The van der Waals surface area contributed by atoms with E-state index >= 15 is 0 Å². The second kappa shape index (κ2) is 6.38. The van der Waals surface area contributed by atoms with Crippen molar-refractivity contribution in [1.82, 2.24) is 5.32 Å². The van der Waals surface area contributed by atoms with Gasteiger partial charge in [0.05, 0.1) is 14.2 Å². The standard InChI is InChI=1S/C13H21NO2/c1-10(5-6-14-2)11-7-12(15-3)9-13(8-11)16-4/h7-10,14H,5-6H2,1-4H3. The number of hydrogen-bond acceptors (Lipinski definition) is 3. The lowest BCUT2D eigenvalue weighted by atomic mass is 9.97. The topological polar surface area (TPSA) is 30.5 Å². The quantitative estimate of drug-likeness (QED) is 0.803. The molecule has 0 aliphatic rings. The normalized spacial score (nSPS) is 12.2. The number of ether oxygens (including phenoxy) is 2. The van der Waals surface area contributed by atoms with Crippen molar-refractivity contribution in [2.75, 3.05) is 27.8 Å². The second-order valence-corrected chi connectivity index (χ2v) is 3.94. The lowest BCUT2D eigenvalue weighted by Gasteiger charge is -2.14. The molecule has 0 aliphatic carbocycles. The van der Waals surface area contributed by atoms with Crippen molar-refractivity contribution in [3.05, 3.63) is 23.8 Å². The van der Waals surface area contributed by atoms with Crippen LogP contribution in [0.4, 0.5) is 0 Å². The molecule has 0 amide bonds. The van der Waals surface area contributed by atoms with Gasteiger partial charge in [0, 0.05) is 6.07 Å². The fourth-order valence-corrected chi connectivity index (χ4v) is 1.64. The minimum absolute atomic E-state index is 0.497. The lowest BCUT2D eigenvalue weighted by molar-refractivity contribution is 0.392. The van der Waals surface area contributed by atoms with Gasteiger partial charge >= 0.3 is 0 Å². The highest BCUT2D eigenvalue weighted by Gasteiger charge is 2.08. The van der Waals surface area contributed by atoms with Crippen molar-refractivity contribution in [1.29, 1.82) is 0 Å². The maximum Gasteiger partial charge on any atom is 0.122 e. The number of methoxy groups -OCH3 is 2. The van der Waals surface area contributed by atoms with E-state index in [1.807, 2.05) is 13.1 Å². The molecule has 90 valence electrons. The van der Waals surface area contributed by atoms with Crippen LogP contribution in [0.2, 0.25) is 0 Å². The molecule has 0 spiro atoms. The molecule has 1 atom stereocenters. The van der Waals surface area contributed by atoms with E-state index in [1.165, 1.54) is 5.56 Å². The van der Waals surface area contributed by atoms with E-state index in [0.717, 1.165) is 24.5 Å². The summed E-state index contributed by atoms with van der Waals surface area (Å²) in [5.74, 6) is 2.20. The molecule has 1 aromatic carbocycles. The highest BCUT2D eigenvalue weighted by atomic mass is 16.5. The highest BCUT2D eigenvalue weighted by Crippen LogP contribution is 2.28. The van der Waals surface area contributed by atoms with Gasteiger partial charge in [0.25, 0.3) is 0 Å². The van der Waals surface area contributed by atoms with E-state index in [1.54, 1.807) is 14.2 Å². The molecule has 0 radical (unpaired) electrons. The molecule has 1 rings (SSSR count). The predicted octanol–water partition coefficient (Wildman–Crippen LogP) is 2.42. The van der Waals surface area contributed by atoms with E-state index < -0.39 is 0 Å². The summed E-state index contributed by atoms with van der Waals surface area (Å²) in [6, 6.07) is 6.04. The van der Waals surface area contributed by atoms with Crippen LogP contribution < -0.4 is 14.8 Å². The van der Waals surface area contributed by atoms with Gasteiger partial charge in [0.1, 0.15) is 11.5 Å². The fourth-order valence-electron chi connectivity index (χ4n) is 1.64. The van der Waals surface area contributed by atoms with E-state index in [2.05, 4.69) is 24.4 Å². The van der Waals surface area contributed by atoms with Crippen LogP contribution >= 0.6 is 0 Å². The smallest absolute Gasteiger partial charge is 0.122 e. The molecule has 0 fully saturated rings. The van der Waals surface area contributed by atoms with Crippen LogP contribution in [0, 0.1) is 0 Å². The van der Waals surface area contributed by atoms with Gasteiger partial charge in [0.2, 0.25) is 0 Å². The van der Waals surface area contributed by atoms with Crippen molar-refractivity contribution >= 4 is 0 Å². The number of benzene rings is 1. The molecule has 0 aliphatic heterocycles. The summed E-state index contributed by atoms with van der Waals surface area (Å²) in [6.07, 6.45) is 1.10.